The van der Waals surface area contributed by atoms with E-state index in [1.165, 1.54) is 11.1 Å². The number of hydrogen-bond acceptors (Lipinski definition) is 4. The van der Waals surface area contributed by atoms with Gasteiger partial charge in [-0.1, -0.05) is 38.1 Å². The molecule has 28 heavy (non-hydrogen) atoms. The second kappa shape index (κ2) is 10.5. The standard InChI is InChI=1S/C23H29NO3S/c1-17(2)19-6-8-21(9-7-19)27-15-23(25)24-20-5-3-4-18(14-20)16-28-22-10-12-26-13-11-22/h3-9,14,17,22H,10-13,15-16H2,1-2H3,(H,24,25). The van der Waals surface area contributed by atoms with Crippen molar-refractivity contribution in [3.8, 4) is 5.75 Å². The fourth-order valence-electron chi connectivity index (χ4n) is 3.09. The molecular weight excluding hydrogens is 370 g/mol. The zero-order chi connectivity index (χ0) is 19.8. The van der Waals surface area contributed by atoms with Crippen molar-refractivity contribution in [2.45, 2.75) is 43.6 Å². The van der Waals surface area contributed by atoms with Crippen molar-refractivity contribution >= 4 is 23.4 Å². The van der Waals surface area contributed by atoms with E-state index in [0.717, 1.165) is 37.5 Å². The predicted octanol–water partition coefficient (Wildman–Crippen LogP) is 5.24. The molecular formula is C23H29NO3S. The monoisotopic (exact) mass is 399 g/mol. The first-order valence-corrected chi connectivity index (χ1v) is 11.0. The summed E-state index contributed by atoms with van der Waals surface area (Å²) in [7, 11) is 0. The minimum Gasteiger partial charge on any atom is -0.484 e. The molecule has 0 aliphatic carbocycles. The van der Waals surface area contributed by atoms with Crippen molar-refractivity contribution in [3.05, 3.63) is 59.7 Å². The Bertz CT molecular complexity index is 755. The first-order valence-electron chi connectivity index (χ1n) is 9.91. The minimum atomic E-state index is -0.151. The fraction of sp³-hybridized carbons (Fsp3) is 0.435. The number of ether oxygens (including phenoxy) is 2. The fourth-order valence-corrected chi connectivity index (χ4v) is 4.22. The topological polar surface area (TPSA) is 47.6 Å². The highest BCUT2D eigenvalue weighted by molar-refractivity contribution is 7.99. The quantitative estimate of drug-likeness (QED) is 0.659. The second-order valence-electron chi connectivity index (χ2n) is 7.38. The van der Waals surface area contributed by atoms with E-state index in [1.807, 2.05) is 54.2 Å². The summed E-state index contributed by atoms with van der Waals surface area (Å²) in [6.45, 7) is 6.04. The molecule has 1 aliphatic rings. The van der Waals surface area contributed by atoms with Gasteiger partial charge in [-0.15, -0.1) is 0 Å². The van der Waals surface area contributed by atoms with Crippen molar-refractivity contribution in [1.29, 1.82) is 0 Å². The van der Waals surface area contributed by atoms with E-state index in [9.17, 15) is 4.79 Å². The Kier molecular flexibility index (Phi) is 7.80. The molecule has 1 fully saturated rings. The summed E-state index contributed by atoms with van der Waals surface area (Å²) >= 11 is 1.97. The molecule has 3 rings (SSSR count). The molecule has 1 aliphatic heterocycles. The number of anilines is 1. The molecule has 0 aromatic heterocycles. The van der Waals surface area contributed by atoms with Crippen LogP contribution in [0.1, 0.15) is 43.7 Å². The third kappa shape index (κ3) is 6.57. The van der Waals surface area contributed by atoms with E-state index >= 15 is 0 Å². The molecule has 0 atom stereocenters. The summed E-state index contributed by atoms with van der Waals surface area (Å²) in [5.74, 6) is 1.99. The number of amides is 1. The average molecular weight is 400 g/mol. The van der Waals surface area contributed by atoms with Crippen molar-refractivity contribution < 1.29 is 14.3 Å². The third-order valence-electron chi connectivity index (χ3n) is 4.78. The Morgan fingerprint density at radius 2 is 1.93 bits per heavy atom. The van der Waals surface area contributed by atoms with E-state index in [0.29, 0.717) is 16.9 Å². The van der Waals surface area contributed by atoms with Crippen LogP contribution in [-0.4, -0.2) is 31.0 Å². The highest BCUT2D eigenvalue weighted by Crippen LogP contribution is 2.26. The molecule has 2 aromatic rings. The molecule has 2 aromatic carbocycles. The maximum absolute atomic E-state index is 12.2. The van der Waals surface area contributed by atoms with Crippen LogP contribution in [-0.2, 0) is 15.3 Å². The molecule has 5 heteroatoms. The summed E-state index contributed by atoms with van der Waals surface area (Å²) in [5, 5.41) is 3.60. The Hall–Kier alpha value is -1.98. The van der Waals surface area contributed by atoms with Gasteiger partial charge in [-0.2, -0.15) is 11.8 Å². The molecule has 0 saturated carbocycles. The van der Waals surface area contributed by atoms with E-state index < -0.39 is 0 Å². The summed E-state index contributed by atoms with van der Waals surface area (Å²) in [6.07, 6.45) is 2.24. The number of nitrogens with one attached hydrogen (secondary N) is 1. The molecule has 1 amide bonds. The zero-order valence-corrected chi connectivity index (χ0v) is 17.5. The smallest absolute Gasteiger partial charge is 0.262 e. The lowest BCUT2D eigenvalue weighted by molar-refractivity contribution is -0.118. The van der Waals surface area contributed by atoms with Gasteiger partial charge in [0.05, 0.1) is 0 Å². The van der Waals surface area contributed by atoms with E-state index in [1.54, 1.807) is 0 Å². The Labute approximate surface area is 172 Å². The first kappa shape index (κ1) is 20.7. The molecule has 0 bridgehead atoms. The number of carbonyl (C=O) groups excluding carboxylic acids is 1. The Morgan fingerprint density at radius 3 is 2.64 bits per heavy atom. The summed E-state index contributed by atoms with van der Waals surface area (Å²) in [4.78, 5) is 12.2. The Morgan fingerprint density at radius 1 is 1.18 bits per heavy atom. The van der Waals surface area contributed by atoms with Gasteiger partial charge in [0.1, 0.15) is 5.75 Å². The van der Waals surface area contributed by atoms with Gasteiger partial charge in [0.15, 0.2) is 6.61 Å². The lowest BCUT2D eigenvalue weighted by Crippen LogP contribution is -2.20. The van der Waals surface area contributed by atoms with Crippen LogP contribution in [0.4, 0.5) is 5.69 Å². The Balaban J connectivity index is 1.45. The van der Waals surface area contributed by atoms with Crippen LogP contribution in [0.15, 0.2) is 48.5 Å². The number of benzene rings is 2. The second-order valence-corrected chi connectivity index (χ2v) is 8.67. The molecule has 4 nitrogen and oxygen atoms in total. The van der Waals surface area contributed by atoms with Crippen LogP contribution >= 0.6 is 11.8 Å². The van der Waals surface area contributed by atoms with Crippen molar-refractivity contribution in [1.82, 2.24) is 0 Å². The highest BCUT2D eigenvalue weighted by Gasteiger charge is 2.14. The average Bonchev–Trinajstić information content (AvgIpc) is 2.72. The van der Waals surface area contributed by atoms with Gasteiger partial charge in [0.25, 0.3) is 5.91 Å². The lowest BCUT2D eigenvalue weighted by Gasteiger charge is -2.21. The van der Waals surface area contributed by atoms with Crippen molar-refractivity contribution in [3.63, 3.8) is 0 Å². The molecule has 1 heterocycles. The molecule has 1 saturated heterocycles. The van der Waals surface area contributed by atoms with Crippen molar-refractivity contribution in [2.24, 2.45) is 0 Å². The zero-order valence-electron chi connectivity index (χ0n) is 16.6. The van der Waals surface area contributed by atoms with Gasteiger partial charge < -0.3 is 14.8 Å². The van der Waals surface area contributed by atoms with Crippen LogP contribution in [0.2, 0.25) is 0 Å². The molecule has 150 valence electrons. The maximum atomic E-state index is 12.2. The number of hydrogen-bond donors (Lipinski definition) is 1. The number of rotatable bonds is 8. The van der Waals surface area contributed by atoms with Crippen molar-refractivity contribution in [2.75, 3.05) is 25.1 Å². The highest BCUT2D eigenvalue weighted by atomic mass is 32.2. The molecule has 1 N–H and O–H groups in total. The van der Waals surface area contributed by atoms with Crippen LogP contribution in [0.5, 0.6) is 5.75 Å². The summed E-state index contributed by atoms with van der Waals surface area (Å²) in [6, 6.07) is 16.0. The van der Waals surface area contributed by atoms with E-state index in [-0.39, 0.29) is 12.5 Å². The lowest BCUT2D eigenvalue weighted by atomic mass is 10.0. The number of carbonyl (C=O) groups is 1. The minimum absolute atomic E-state index is 0.00206. The van der Waals surface area contributed by atoms with Crippen LogP contribution in [0.25, 0.3) is 0 Å². The van der Waals surface area contributed by atoms with Crippen LogP contribution in [0.3, 0.4) is 0 Å². The van der Waals surface area contributed by atoms with Gasteiger partial charge in [-0.25, -0.2) is 0 Å². The SMILES string of the molecule is CC(C)c1ccc(OCC(=O)Nc2cccc(CSC3CCOCC3)c2)cc1. The summed E-state index contributed by atoms with van der Waals surface area (Å²) in [5.41, 5.74) is 3.29. The third-order valence-corrected chi connectivity index (χ3v) is 6.22. The van der Waals surface area contributed by atoms with Gasteiger partial charge in [-0.3, -0.25) is 4.79 Å². The number of thioether (sulfide) groups is 1. The largest absolute Gasteiger partial charge is 0.484 e. The van der Waals surface area contributed by atoms with Gasteiger partial charge in [0.2, 0.25) is 0 Å². The summed E-state index contributed by atoms with van der Waals surface area (Å²) < 4.78 is 11.0. The predicted molar refractivity (Wildman–Crippen MR) is 116 cm³/mol. The maximum Gasteiger partial charge on any atom is 0.262 e. The van der Waals surface area contributed by atoms with E-state index in [4.69, 9.17) is 9.47 Å². The molecule has 0 spiro atoms. The van der Waals surface area contributed by atoms with Crippen LogP contribution in [0, 0.1) is 0 Å². The van der Waals surface area contributed by atoms with Gasteiger partial charge >= 0.3 is 0 Å². The van der Waals surface area contributed by atoms with E-state index in [2.05, 4.69) is 25.2 Å². The molecule has 0 unspecified atom stereocenters. The molecule has 0 radical (unpaired) electrons. The first-order chi connectivity index (χ1) is 13.6. The van der Waals surface area contributed by atoms with Gasteiger partial charge in [-0.05, 0) is 54.2 Å². The van der Waals surface area contributed by atoms with Gasteiger partial charge in [0, 0.05) is 29.9 Å². The normalized spacial score (nSPS) is 14.8. The van der Waals surface area contributed by atoms with Crippen LogP contribution < -0.4 is 10.1 Å².